The fraction of sp³-hybridized carbons (Fsp3) is 0.550. The van der Waals surface area contributed by atoms with E-state index in [9.17, 15) is 0 Å². The molecule has 142 valence electrons. The van der Waals surface area contributed by atoms with E-state index >= 15 is 0 Å². The highest BCUT2D eigenvalue weighted by Gasteiger charge is 2.39. The van der Waals surface area contributed by atoms with Crippen LogP contribution in [0.25, 0.3) is 11.4 Å². The van der Waals surface area contributed by atoms with Crippen LogP contribution in [0, 0.1) is 0 Å². The number of fused-ring (bicyclic) bond motifs is 2. The third-order valence-electron chi connectivity index (χ3n) is 5.87. The summed E-state index contributed by atoms with van der Waals surface area (Å²) in [6.07, 6.45) is 4.20. The normalized spacial score (nSPS) is 25.7. The molecule has 7 nitrogen and oxygen atoms in total. The molecule has 2 atom stereocenters. The number of hydrogen-bond donors (Lipinski definition) is 1. The van der Waals surface area contributed by atoms with Crippen LogP contribution in [0.15, 0.2) is 24.3 Å². The van der Waals surface area contributed by atoms with E-state index in [2.05, 4.69) is 4.90 Å². The lowest BCUT2D eigenvalue weighted by Crippen LogP contribution is -2.47. The van der Waals surface area contributed by atoms with Gasteiger partial charge in [0.15, 0.2) is 5.82 Å². The monoisotopic (exact) mass is 367 g/mol. The first-order valence-corrected chi connectivity index (χ1v) is 9.83. The summed E-state index contributed by atoms with van der Waals surface area (Å²) in [7, 11) is 0. The van der Waals surface area contributed by atoms with Crippen molar-refractivity contribution in [2.75, 3.05) is 37.1 Å². The van der Waals surface area contributed by atoms with Crippen LogP contribution in [0.3, 0.4) is 0 Å². The number of nitrogen functional groups attached to an aromatic ring is 1. The Hall–Kier alpha value is -2.25. The van der Waals surface area contributed by atoms with Gasteiger partial charge in [0.05, 0.1) is 25.3 Å². The van der Waals surface area contributed by atoms with Crippen LogP contribution in [0.2, 0.25) is 0 Å². The van der Waals surface area contributed by atoms with Crippen molar-refractivity contribution in [1.29, 1.82) is 0 Å². The lowest BCUT2D eigenvalue weighted by molar-refractivity contribution is 0.0831. The second kappa shape index (κ2) is 7.05. The molecule has 4 heterocycles. The van der Waals surface area contributed by atoms with Gasteiger partial charge in [0.25, 0.3) is 0 Å². The summed E-state index contributed by atoms with van der Waals surface area (Å²) >= 11 is 0. The quantitative estimate of drug-likeness (QED) is 0.834. The van der Waals surface area contributed by atoms with Crippen LogP contribution in [0.1, 0.15) is 37.4 Å². The Bertz CT molecular complexity index is 791. The maximum atomic E-state index is 5.85. The number of nitrogens with two attached hydrogens (primary N) is 1. The first kappa shape index (κ1) is 16.9. The van der Waals surface area contributed by atoms with Crippen LogP contribution in [-0.2, 0) is 9.47 Å². The second-order valence-corrected chi connectivity index (χ2v) is 7.66. The summed E-state index contributed by atoms with van der Waals surface area (Å²) in [5.41, 5.74) is 7.57. The van der Waals surface area contributed by atoms with Crippen molar-refractivity contribution in [3.63, 3.8) is 0 Å². The maximum Gasteiger partial charge on any atom is 0.229 e. The number of benzene rings is 1. The van der Waals surface area contributed by atoms with Crippen molar-refractivity contribution in [3.8, 4) is 11.4 Å². The van der Waals surface area contributed by atoms with Crippen molar-refractivity contribution in [1.82, 2.24) is 15.0 Å². The Morgan fingerprint density at radius 1 is 0.852 bits per heavy atom. The smallest absolute Gasteiger partial charge is 0.229 e. The van der Waals surface area contributed by atoms with E-state index < -0.39 is 0 Å². The Labute approximate surface area is 158 Å². The SMILES string of the molecule is Nc1ccc(-c2nc(C3CCOCC3)nc(N3C4CCC3COC4)n2)cc1. The second-order valence-electron chi connectivity index (χ2n) is 7.66. The number of ether oxygens (including phenoxy) is 2. The molecule has 3 fully saturated rings. The first-order chi connectivity index (χ1) is 13.3. The number of anilines is 2. The molecule has 5 rings (SSSR count). The maximum absolute atomic E-state index is 5.85. The van der Waals surface area contributed by atoms with Gasteiger partial charge in [-0.05, 0) is 49.9 Å². The van der Waals surface area contributed by atoms with Gasteiger partial charge in [0, 0.05) is 30.4 Å². The third-order valence-corrected chi connectivity index (χ3v) is 5.87. The molecular formula is C20H25N5O2. The Morgan fingerprint density at radius 3 is 2.26 bits per heavy atom. The van der Waals surface area contributed by atoms with Crippen molar-refractivity contribution >= 4 is 11.6 Å². The van der Waals surface area contributed by atoms with E-state index in [1.165, 1.54) is 0 Å². The number of rotatable bonds is 3. The zero-order valence-electron chi connectivity index (χ0n) is 15.4. The summed E-state index contributed by atoms with van der Waals surface area (Å²) < 4.78 is 11.3. The predicted octanol–water partition coefficient (Wildman–Crippen LogP) is 2.38. The molecule has 3 aliphatic heterocycles. The lowest BCUT2D eigenvalue weighted by atomic mass is 9.99. The molecule has 2 N–H and O–H groups in total. The molecule has 0 radical (unpaired) electrons. The van der Waals surface area contributed by atoms with Crippen molar-refractivity contribution in [2.24, 2.45) is 0 Å². The first-order valence-electron chi connectivity index (χ1n) is 9.83. The molecule has 3 saturated heterocycles. The molecule has 2 unspecified atom stereocenters. The van der Waals surface area contributed by atoms with E-state index in [4.69, 9.17) is 30.2 Å². The van der Waals surface area contributed by atoms with Gasteiger partial charge < -0.3 is 20.1 Å². The van der Waals surface area contributed by atoms with Gasteiger partial charge in [0.1, 0.15) is 5.82 Å². The van der Waals surface area contributed by atoms with E-state index in [1.54, 1.807) is 0 Å². The molecule has 3 aliphatic rings. The molecule has 1 aromatic carbocycles. The topological polar surface area (TPSA) is 86.4 Å². The van der Waals surface area contributed by atoms with E-state index in [0.29, 0.717) is 18.0 Å². The molecule has 1 aromatic heterocycles. The van der Waals surface area contributed by atoms with Crippen molar-refractivity contribution in [3.05, 3.63) is 30.1 Å². The fourth-order valence-corrected chi connectivity index (χ4v) is 4.35. The van der Waals surface area contributed by atoms with Crippen molar-refractivity contribution in [2.45, 2.75) is 43.7 Å². The predicted molar refractivity (Wildman–Crippen MR) is 103 cm³/mol. The summed E-state index contributed by atoms with van der Waals surface area (Å²) in [4.78, 5) is 17.0. The van der Waals surface area contributed by atoms with Gasteiger partial charge in [-0.2, -0.15) is 9.97 Å². The summed E-state index contributed by atoms with van der Waals surface area (Å²) in [6, 6.07) is 8.49. The van der Waals surface area contributed by atoms with Crippen LogP contribution >= 0.6 is 0 Å². The highest BCUT2D eigenvalue weighted by molar-refractivity contribution is 5.60. The number of morpholine rings is 1. The molecule has 0 amide bonds. The highest BCUT2D eigenvalue weighted by Crippen LogP contribution is 2.34. The number of hydrogen-bond acceptors (Lipinski definition) is 7. The average molecular weight is 367 g/mol. The average Bonchev–Trinajstić information content (AvgIpc) is 2.97. The van der Waals surface area contributed by atoms with Gasteiger partial charge in [-0.3, -0.25) is 0 Å². The van der Waals surface area contributed by atoms with E-state index in [0.717, 1.165) is 81.0 Å². The molecule has 2 aromatic rings. The van der Waals surface area contributed by atoms with Gasteiger partial charge in [-0.1, -0.05) is 0 Å². The lowest BCUT2D eigenvalue weighted by Gasteiger charge is -2.35. The minimum absolute atomic E-state index is 0.326. The molecule has 0 saturated carbocycles. The van der Waals surface area contributed by atoms with Crippen LogP contribution < -0.4 is 10.6 Å². The molecule has 27 heavy (non-hydrogen) atoms. The molecule has 2 bridgehead atoms. The Morgan fingerprint density at radius 2 is 1.56 bits per heavy atom. The number of nitrogens with zero attached hydrogens (tertiary/aromatic N) is 4. The summed E-state index contributed by atoms with van der Waals surface area (Å²) in [5.74, 6) is 2.74. The van der Waals surface area contributed by atoms with Gasteiger partial charge >= 0.3 is 0 Å². The van der Waals surface area contributed by atoms with Crippen molar-refractivity contribution < 1.29 is 9.47 Å². The van der Waals surface area contributed by atoms with Gasteiger partial charge in [0.2, 0.25) is 5.95 Å². The summed E-state index contributed by atoms with van der Waals surface area (Å²) in [6.45, 7) is 3.05. The van der Waals surface area contributed by atoms with Gasteiger partial charge in [-0.25, -0.2) is 4.98 Å². The largest absolute Gasteiger partial charge is 0.399 e. The minimum Gasteiger partial charge on any atom is -0.399 e. The summed E-state index contributed by atoms with van der Waals surface area (Å²) in [5, 5.41) is 0. The van der Waals surface area contributed by atoms with Crippen LogP contribution in [0.4, 0.5) is 11.6 Å². The van der Waals surface area contributed by atoms with Gasteiger partial charge in [-0.15, -0.1) is 0 Å². The molecule has 0 aliphatic carbocycles. The van der Waals surface area contributed by atoms with E-state index in [-0.39, 0.29) is 0 Å². The Kier molecular flexibility index (Phi) is 4.41. The molecule has 0 spiro atoms. The zero-order valence-corrected chi connectivity index (χ0v) is 15.4. The minimum atomic E-state index is 0.326. The Balaban J connectivity index is 1.57. The number of aromatic nitrogens is 3. The fourth-order valence-electron chi connectivity index (χ4n) is 4.35. The standard InChI is InChI=1S/C20H25N5O2/c21-15-3-1-13(2-4-15)18-22-19(14-7-9-26-10-8-14)24-20(23-18)25-16-5-6-17(25)12-27-11-16/h1-4,14,16-17H,5-12,21H2. The third kappa shape index (κ3) is 3.26. The van der Waals surface area contributed by atoms with Crippen LogP contribution in [-0.4, -0.2) is 53.5 Å². The zero-order chi connectivity index (χ0) is 18.2. The molecular weight excluding hydrogens is 342 g/mol. The van der Waals surface area contributed by atoms with E-state index in [1.807, 2.05) is 24.3 Å². The highest BCUT2D eigenvalue weighted by atomic mass is 16.5. The molecule has 7 heteroatoms. The van der Waals surface area contributed by atoms with Crippen LogP contribution in [0.5, 0.6) is 0 Å².